The van der Waals surface area contributed by atoms with Gasteiger partial charge in [0.15, 0.2) is 0 Å². The van der Waals surface area contributed by atoms with E-state index in [2.05, 4.69) is 0 Å². The lowest BCUT2D eigenvalue weighted by Crippen LogP contribution is -2.33. The Labute approximate surface area is 113 Å². The number of rotatable bonds is 2. The molecule has 19 heavy (non-hydrogen) atoms. The summed E-state index contributed by atoms with van der Waals surface area (Å²) >= 11 is 0. The number of hydrogen-bond acceptors (Lipinski definition) is 1. The lowest BCUT2D eigenvalue weighted by Gasteiger charge is -2.20. The molecule has 2 nitrogen and oxygen atoms in total. The molecule has 0 aromatic heterocycles. The number of carbonyl (C=O) groups excluding carboxylic acids is 1. The van der Waals surface area contributed by atoms with Crippen LogP contribution in [-0.2, 0) is 4.79 Å². The predicted molar refractivity (Wildman–Crippen MR) is 72.3 cm³/mol. The smallest absolute Gasteiger partial charge is 0.226 e. The van der Waals surface area contributed by atoms with Crippen LogP contribution in [0.15, 0.2) is 24.3 Å². The summed E-state index contributed by atoms with van der Waals surface area (Å²) in [5.74, 6) is 0.566. The van der Waals surface area contributed by atoms with Gasteiger partial charge in [-0.25, -0.2) is 4.39 Å². The highest BCUT2D eigenvalue weighted by atomic mass is 19.1. The topological polar surface area (TPSA) is 20.3 Å². The van der Waals surface area contributed by atoms with Crippen molar-refractivity contribution in [3.8, 4) is 0 Å². The highest BCUT2D eigenvalue weighted by Gasteiger charge is 2.45. The van der Waals surface area contributed by atoms with Gasteiger partial charge in [-0.15, -0.1) is 0 Å². The second-order valence-corrected chi connectivity index (χ2v) is 5.74. The van der Waals surface area contributed by atoms with Gasteiger partial charge in [-0.1, -0.05) is 25.0 Å². The number of amides is 1. The molecule has 3 rings (SSSR count). The van der Waals surface area contributed by atoms with Crippen molar-refractivity contribution in [1.29, 1.82) is 0 Å². The third-order valence-electron chi connectivity index (χ3n) is 4.32. The summed E-state index contributed by atoms with van der Waals surface area (Å²) in [4.78, 5) is 14.5. The average Bonchev–Trinajstić information content (AvgIpc) is 3.23. The lowest BCUT2D eigenvalue weighted by molar-refractivity contribution is -0.132. The highest BCUT2D eigenvalue weighted by molar-refractivity contribution is 5.83. The molecule has 2 unspecified atom stereocenters. The van der Waals surface area contributed by atoms with Gasteiger partial charge in [-0.3, -0.25) is 4.79 Å². The summed E-state index contributed by atoms with van der Waals surface area (Å²) in [6, 6.07) is 6.60. The van der Waals surface area contributed by atoms with Gasteiger partial charge in [0.05, 0.1) is 0 Å². The molecular weight excluding hydrogens is 241 g/mol. The maximum absolute atomic E-state index is 12.9. The van der Waals surface area contributed by atoms with Gasteiger partial charge in [0.25, 0.3) is 0 Å². The SMILES string of the molecule is O=C(C1CC1c1ccc(F)cc1)N1CCCCCC1. The van der Waals surface area contributed by atoms with Crippen LogP contribution < -0.4 is 0 Å². The van der Waals surface area contributed by atoms with Crippen molar-refractivity contribution in [2.45, 2.75) is 38.0 Å². The van der Waals surface area contributed by atoms with Gasteiger partial charge in [0, 0.05) is 19.0 Å². The first kappa shape index (κ1) is 12.6. The first-order chi connectivity index (χ1) is 9.25. The van der Waals surface area contributed by atoms with E-state index in [1.54, 1.807) is 0 Å². The molecule has 1 heterocycles. The zero-order chi connectivity index (χ0) is 13.2. The monoisotopic (exact) mass is 261 g/mol. The Morgan fingerprint density at radius 2 is 1.68 bits per heavy atom. The largest absolute Gasteiger partial charge is 0.342 e. The molecular formula is C16H20FNO. The minimum atomic E-state index is -0.209. The molecule has 1 saturated heterocycles. The highest BCUT2D eigenvalue weighted by Crippen LogP contribution is 2.48. The number of nitrogens with zero attached hydrogens (tertiary/aromatic N) is 1. The van der Waals surface area contributed by atoms with Crippen molar-refractivity contribution in [3.63, 3.8) is 0 Å². The molecule has 3 heteroatoms. The van der Waals surface area contributed by atoms with Crippen molar-refractivity contribution in [1.82, 2.24) is 4.90 Å². The standard InChI is InChI=1S/C16H20FNO/c17-13-7-5-12(6-8-13)14-11-15(14)16(19)18-9-3-1-2-4-10-18/h5-8,14-15H,1-4,9-11H2. The third-order valence-corrected chi connectivity index (χ3v) is 4.32. The van der Waals surface area contributed by atoms with Crippen LogP contribution >= 0.6 is 0 Å². The van der Waals surface area contributed by atoms with Gasteiger partial charge in [0.2, 0.25) is 5.91 Å². The Hall–Kier alpha value is -1.38. The second-order valence-electron chi connectivity index (χ2n) is 5.74. The summed E-state index contributed by atoms with van der Waals surface area (Å²) in [6.07, 6.45) is 5.70. The van der Waals surface area contributed by atoms with Crippen molar-refractivity contribution in [2.24, 2.45) is 5.92 Å². The fourth-order valence-corrected chi connectivity index (χ4v) is 3.07. The maximum atomic E-state index is 12.9. The van der Waals surface area contributed by atoms with E-state index in [0.29, 0.717) is 11.8 Å². The fourth-order valence-electron chi connectivity index (χ4n) is 3.07. The van der Waals surface area contributed by atoms with Crippen LogP contribution in [-0.4, -0.2) is 23.9 Å². The molecule has 1 aliphatic carbocycles. The molecule has 1 aromatic carbocycles. The first-order valence-corrected chi connectivity index (χ1v) is 7.30. The Bertz CT molecular complexity index is 448. The van der Waals surface area contributed by atoms with E-state index < -0.39 is 0 Å². The molecule has 1 amide bonds. The predicted octanol–water partition coefficient (Wildman–Crippen LogP) is 3.33. The molecule has 1 aromatic rings. The van der Waals surface area contributed by atoms with E-state index in [1.807, 2.05) is 17.0 Å². The summed E-state index contributed by atoms with van der Waals surface area (Å²) in [6.45, 7) is 1.84. The van der Waals surface area contributed by atoms with E-state index >= 15 is 0 Å². The van der Waals surface area contributed by atoms with Crippen LogP contribution in [0.4, 0.5) is 4.39 Å². The number of halogens is 1. The number of likely N-dealkylation sites (tertiary alicyclic amines) is 1. The summed E-state index contributed by atoms with van der Waals surface area (Å²) < 4.78 is 12.9. The van der Waals surface area contributed by atoms with Gasteiger partial charge in [-0.05, 0) is 42.9 Å². The molecule has 1 aliphatic heterocycles. The van der Waals surface area contributed by atoms with Gasteiger partial charge >= 0.3 is 0 Å². The van der Waals surface area contributed by atoms with Crippen molar-refractivity contribution < 1.29 is 9.18 Å². The number of carbonyl (C=O) groups is 1. The van der Waals surface area contributed by atoms with Crippen LogP contribution in [0.5, 0.6) is 0 Å². The molecule has 2 aliphatic rings. The number of hydrogen-bond donors (Lipinski definition) is 0. The Balaban J connectivity index is 1.62. The summed E-state index contributed by atoms with van der Waals surface area (Å²) in [5.41, 5.74) is 1.11. The second kappa shape index (κ2) is 5.32. The Morgan fingerprint density at radius 1 is 1.05 bits per heavy atom. The van der Waals surface area contributed by atoms with E-state index in [4.69, 9.17) is 0 Å². The molecule has 0 bridgehead atoms. The molecule has 0 spiro atoms. The van der Waals surface area contributed by atoms with E-state index in [-0.39, 0.29) is 11.7 Å². The van der Waals surface area contributed by atoms with Gasteiger partial charge in [0.1, 0.15) is 5.82 Å². The van der Waals surface area contributed by atoms with Gasteiger partial charge < -0.3 is 4.90 Å². The summed E-state index contributed by atoms with van der Waals surface area (Å²) in [7, 11) is 0. The third kappa shape index (κ3) is 2.80. The van der Waals surface area contributed by atoms with E-state index in [0.717, 1.165) is 37.9 Å². The zero-order valence-corrected chi connectivity index (χ0v) is 11.1. The van der Waals surface area contributed by atoms with Crippen molar-refractivity contribution >= 4 is 5.91 Å². The van der Waals surface area contributed by atoms with E-state index in [9.17, 15) is 9.18 Å². The van der Waals surface area contributed by atoms with Crippen LogP contribution in [0, 0.1) is 11.7 Å². The molecule has 102 valence electrons. The first-order valence-electron chi connectivity index (χ1n) is 7.30. The summed E-state index contributed by atoms with van der Waals surface area (Å²) in [5, 5.41) is 0. The molecule has 0 N–H and O–H groups in total. The Kier molecular flexibility index (Phi) is 3.54. The molecule has 1 saturated carbocycles. The quantitative estimate of drug-likeness (QED) is 0.799. The van der Waals surface area contributed by atoms with Crippen molar-refractivity contribution in [2.75, 3.05) is 13.1 Å². The van der Waals surface area contributed by atoms with Crippen molar-refractivity contribution in [3.05, 3.63) is 35.6 Å². The lowest BCUT2D eigenvalue weighted by atomic mass is 10.1. The minimum absolute atomic E-state index is 0.142. The minimum Gasteiger partial charge on any atom is -0.342 e. The van der Waals surface area contributed by atoms with Gasteiger partial charge in [-0.2, -0.15) is 0 Å². The van der Waals surface area contributed by atoms with E-state index in [1.165, 1.54) is 25.0 Å². The molecule has 2 fully saturated rings. The molecule has 0 radical (unpaired) electrons. The van der Waals surface area contributed by atoms with Crippen LogP contribution in [0.25, 0.3) is 0 Å². The zero-order valence-electron chi connectivity index (χ0n) is 11.1. The Morgan fingerprint density at radius 3 is 2.32 bits per heavy atom. The number of benzene rings is 1. The van der Waals surface area contributed by atoms with Crippen LogP contribution in [0.2, 0.25) is 0 Å². The normalized spacial score (nSPS) is 26.9. The maximum Gasteiger partial charge on any atom is 0.226 e. The molecule has 2 atom stereocenters. The van der Waals surface area contributed by atoms with Crippen LogP contribution in [0.1, 0.15) is 43.6 Å². The fraction of sp³-hybridized carbons (Fsp3) is 0.562. The van der Waals surface area contributed by atoms with Crippen LogP contribution in [0.3, 0.4) is 0 Å². The average molecular weight is 261 g/mol.